The lowest BCUT2D eigenvalue weighted by molar-refractivity contribution is 0.0291. The number of carbonyl (C=O) groups excluding carboxylic acids is 1. The highest BCUT2D eigenvalue weighted by atomic mass is 16.5. The number of rotatable bonds is 2. The predicted octanol–water partition coefficient (Wildman–Crippen LogP) is 2.22. The van der Waals surface area contributed by atoms with Crippen LogP contribution in [0.4, 0.5) is 0 Å². The van der Waals surface area contributed by atoms with Gasteiger partial charge in [0.15, 0.2) is 5.78 Å². The van der Waals surface area contributed by atoms with Gasteiger partial charge in [-0.05, 0) is 37.5 Å². The number of fused-ring (bicyclic) bond motifs is 1. The number of ether oxygens (including phenoxy) is 2. The molecule has 114 valence electrons. The van der Waals surface area contributed by atoms with Gasteiger partial charge in [-0.1, -0.05) is 6.07 Å². The van der Waals surface area contributed by atoms with Crippen molar-refractivity contribution in [3.8, 4) is 5.75 Å². The molecule has 1 aromatic rings. The summed E-state index contributed by atoms with van der Waals surface area (Å²) in [4.78, 5) is 15.2. The fourth-order valence-electron chi connectivity index (χ4n) is 3.09. The van der Waals surface area contributed by atoms with E-state index in [2.05, 4.69) is 11.8 Å². The third-order valence-corrected chi connectivity index (χ3v) is 4.61. The Bertz CT molecular complexity index is 535. The van der Waals surface area contributed by atoms with Gasteiger partial charge in [-0.3, -0.25) is 9.69 Å². The van der Waals surface area contributed by atoms with Crippen LogP contribution < -0.4 is 4.74 Å². The summed E-state index contributed by atoms with van der Waals surface area (Å²) in [5, 5.41) is 0. The summed E-state index contributed by atoms with van der Waals surface area (Å²) in [5.74, 6) is 1.06. The lowest BCUT2D eigenvalue weighted by atomic mass is 9.92. The summed E-state index contributed by atoms with van der Waals surface area (Å²) < 4.78 is 11.3. The van der Waals surface area contributed by atoms with Gasteiger partial charge in [0.1, 0.15) is 5.75 Å². The zero-order valence-corrected chi connectivity index (χ0v) is 12.9. The van der Waals surface area contributed by atoms with Crippen LogP contribution in [0.25, 0.3) is 0 Å². The molecule has 1 unspecified atom stereocenters. The number of hydrogen-bond acceptors (Lipinski definition) is 4. The van der Waals surface area contributed by atoms with Gasteiger partial charge in [0.2, 0.25) is 0 Å². The summed E-state index contributed by atoms with van der Waals surface area (Å²) in [6.07, 6.45) is 0.795. The normalized spacial score (nSPS) is 23.3. The molecule has 1 fully saturated rings. The van der Waals surface area contributed by atoms with Crippen LogP contribution >= 0.6 is 0 Å². The van der Waals surface area contributed by atoms with E-state index in [0.717, 1.165) is 56.1 Å². The average Bonchev–Trinajstić information content (AvgIpc) is 2.65. The Morgan fingerprint density at radius 2 is 1.95 bits per heavy atom. The van der Waals surface area contributed by atoms with Crippen molar-refractivity contribution in [1.29, 1.82) is 0 Å². The molecule has 0 aromatic heterocycles. The minimum absolute atomic E-state index is 0.0338. The van der Waals surface area contributed by atoms with Crippen molar-refractivity contribution in [1.82, 2.24) is 4.90 Å². The number of morpholine rings is 1. The first-order valence-corrected chi connectivity index (χ1v) is 7.74. The minimum Gasteiger partial charge on any atom is -0.493 e. The van der Waals surface area contributed by atoms with E-state index in [1.165, 1.54) is 5.56 Å². The number of hydrogen-bond donors (Lipinski definition) is 0. The van der Waals surface area contributed by atoms with Crippen molar-refractivity contribution in [3.05, 3.63) is 28.8 Å². The molecule has 0 spiro atoms. The first-order valence-electron chi connectivity index (χ1n) is 7.74. The molecule has 0 N–H and O–H groups in total. The average molecular weight is 289 g/mol. The maximum absolute atomic E-state index is 12.8. The molecule has 0 saturated carbocycles. The first kappa shape index (κ1) is 14.5. The second-order valence-corrected chi connectivity index (χ2v) is 6.00. The lowest BCUT2D eigenvalue weighted by Gasteiger charge is -2.29. The largest absolute Gasteiger partial charge is 0.493 e. The third-order valence-electron chi connectivity index (χ3n) is 4.61. The Kier molecular flexibility index (Phi) is 4.27. The van der Waals surface area contributed by atoms with Gasteiger partial charge >= 0.3 is 0 Å². The van der Waals surface area contributed by atoms with Crippen LogP contribution in [0.2, 0.25) is 0 Å². The fraction of sp³-hybridized carbons (Fsp3) is 0.588. The van der Waals surface area contributed by atoms with Crippen molar-refractivity contribution >= 4 is 5.78 Å². The van der Waals surface area contributed by atoms with E-state index in [9.17, 15) is 4.79 Å². The zero-order chi connectivity index (χ0) is 14.8. The Morgan fingerprint density at radius 3 is 2.71 bits per heavy atom. The van der Waals surface area contributed by atoms with Gasteiger partial charge in [0.25, 0.3) is 0 Å². The van der Waals surface area contributed by atoms with E-state index >= 15 is 0 Å². The maximum Gasteiger partial charge on any atom is 0.171 e. The molecule has 21 heavy (non-hydrogen) atoms. The van der Waals surface area contributed by atoms with Crippen molar-refractivity contribution in [2.75, 3.05) is 39.5 Å². The van der Waals surface area contributed by atoms with Crippen molar-refractivity contribution in [3.63, 3.8) is 0 Å². The number of Topliss-reactive ketones (excluding diaryl/α,β-unsaturated/α-hetero) is 1. The number of carbonyl (C=O) groups is 1. The number of nitrogens with zero attached hydrogens (tertiary/aromatic N) is 1. The number of aryl methyl sites for hydroxylation is 1. The molecule has 2 aliphatic rings. The molecular formula is C17H23NO3. The van der Waals surface area contributed by atoms with Crippen LogP contribution in [0.3, 0.4) is 0 Å². The van der Waals surface area contributed by atoms with E-state index < -0.39 is 0 Å². The zero-order valence-electron chi connectivity index (χ0n) is 12.9. The molecule has 0 radical (unpaired) electrons. The van der Waals surface area contributed by atoms with Crippen molar-refractivity contribution < 1.29 is 14.3 Å². The summed E-state index contributed by atoms with van der Waals surface area (Å²) in [7, 11) is 0. The summed E-state index contributed by atoms with van der Waals surface area (Å²) in [6.45, 7) is 8.91. The molecular weight excluding hydrogens is 266 g/mol. The third kappa shape index (κ3) is 2.97. The molecule has 2 heterocycles. The molecule has 4 nitrogen and oxygen atoms in total. The highest BCUT2D eigenvalue weighted by Gasteiger charge is 2.29. The Hall–Kier alpha value is -1.39. The molecule has 1 atom stereocenters. The molecule has 0 bridgehead atoms. The van der Waals surface area contributed by atoms with Crippen LogP contribution in [-0.2, 0) is 4.74 Å². The Labute approximate surface area is 126 Å². The summed E-state index contributed by atoms with van der Waals surface area (Å²) in [6, 6.07) is 3.95. The smallest absolute Gasteiger partial charge is 0.171 e. The van der Waals surface area contributed by atoms with E-state index in [-0.39, 0.29) is 11.7 Å². The minimum atomic E-state index is 0.0338. The van der Waals surface area contributed by atoms with Gasteiger partial charge in [-0.15, -0.1) is 0 Å². The highest BCUT2D eigenvalue weighted by Crippen LogP contribution is 2.32. The van der Waals surface area contributed by atoms with E-state index in [1.807, 2.05) is 19.1 Å². The van der Waals surface area contributed by atoms with E-state index in [4.69, 9.17) is 9.47 Å². The van der Waals surface area contributed by atoms with Crippen LogP contribution in [0, 0.1) is 19.8 Å². The van der Waals surface area contributed by atoms with Crippen molar-refractivity contribution in [2.45, 2.75) is 20.3 Å². The molecule has 0 aliphatic carbocycles. The van der Waals surface area contributed by atoms with Gasteiger partial charge in [0, 0.05) is 25.6 Å². The van der Waals surface area contributed by atoms with E-state index in [1.54, 1.807) is 0 Å². The lowest BCUT2D eigenvalue weighted by Crippen LogP contribution is -2.41. The Balaban J connectivity index is 1.81. The molecule has 1 saturated heterocycles. The predicted molar refractivity (Wildman–Crippen MR) is 81.1 cm³/mol. The molecule has 4 heteroatoms. The molecule has 1 aromatic carbocycles. The number of benzene rings is 1. The monoisotopic (exact) mass is 289 g/mol. The van der Waals surface area contributed by atoms with Gasteiger partial charge < -0.3 is 9.47 Å². The van der Waals surface area contributed by atoms with Crippen LogP contribution in [-0.4, -0.2) is 50.1 Å². The fourth-order valence-corrected chi connectivity index (χ4v) is 3.09. The van der Waals surface area contributed by atoms with Crippen molar-refractivity contribution in [2.24, 2.45) is 5.92 Å². The van der Waals surface area contributed by atoms with Crippen LogP contribution in [0.5, 0.6) is 5.75 Å². The topological polar surface area (TPSA) is 38.8 Å². The summed E-state index contributed by atoms with van der Waals surface area (Å²) >= 11 is 0. The highest BCUT2D eigenvalue weighted by molar-refractivity contribution is 6.01. The maximum atomic E-state index is 12.8. The Morgan fingerprint density at radius 1 is 1.19 bits per heavy atom. The van der Waals surface area contributed by atoms with Gasteiger partial charge in [-0.25, -0.2) is 0 Å². The molecule has 0 amide bonds. The molecule has 2 aliphatic heterocycles. The van der Waals surface area contributed by atoms with E-state index in [0.29, 0.717) is 6.61 Å². The second-order valence-electron chi connectivity index (χ2n) is 6.00. The quantitative estimate of drug-likeness (QED) is 0.837. The van der Waals surface area contributed by atoms with Gasteiger partial charge in [0.05, 0.1) is 25.4 Å². The van der Waals surface area contributed by atoms with Gasteiger partial charge in [-0.2, -0.15) is 0 Å². The molecule has 3 rings (SSSR count). The van der Waals surface area contributed by atoms with Crippen LogP contribution in [0.1, 0.15) is 27.9 Å². The summed E-state index contributed by atoms with van der Waals surface area (Å²) in [5.41, 5.74) is 3.02. The first-order chi connectivity index (χ1) is 10.2. The SMILES string of the molecule is Cc1ccc2c(c1C)OCCC(CN1CCOCC1)C2=O. The second kappa shape index (κ2) is 6.16. The standard InChI is InChI=1S/C17H23NO3/c1-12-3-4-15-16(19)14(5-8-21-17(15)13(12)2)11-18-6-9-20-10-7-18/h3-4,14H,5-11H2,1-2H3. The number of ketones is 1. The van der Waals surface area contributed by atoms with Crippen LogP contribution in [0.15, 0.2) is 12.1 Å².